The molecule has 0 radical (unpaired) electrons. The van der Waals surface area contributed by atoms with E-state index in [9.17, 15) is 0 Å². The first-order valence-electron chi connectivity index (χ1n) is 17.7. The Morgan fingerprint density at radius 3 is 1.30 bits per heavy atom. The van der Waals surface area contributed by atoms with Gasteiger partial charge >= 0.3 is 250 Å². The fraction of sp³-hybridized carbons (Fsp3) is 0.429. The molecule has 0 amide bonds. The molecular weight excluding hydrogens is 636 g/mol. The van der Waals surface area contributed by atoms with E-state index in [0.29, 0.717) is 0 Å². The van der Waals surface area contributed by atoms with Gasteiger partial charge in [-0.1, -0.05) is 0 Å². The van der Waals surface area contributed by atoms with Crippen LogP contribution < -0.4 is 26.5 Å². The number of fused-ring (bicyclic) bond motifs is 10. The Labute approximate surface area is 268 Å². The molecule has 14 rings (SSSR count). The number of aryl methyl sites for hydroxylation is 4. The predicted molar refractivity (Wildman–Crippen MR) is 197 cm³/mol. The molecule has 46 heavy (non-hydrogen) atoms. The minimum absolute atomic E-state index is 0.326. The molecule has 10 fully saturated rings. The summed E-state index contributed by atoms with van der Waals surface area (Å²) in [5, 5.41) is 9.57. The van der Waals surface area contributed by atoms with Crippen molar-refractivity contribution in [1.29, 1.82) is 0 Å². The van der Waals surface area contributed by atoms with Crippen LogP contribution in [0, 0.1) is 27.7 Å². The molecule has 1 nitrogen and oxygen atoms in total. The summed E-state index contributed by atoms with van der Waals surface area (Å²) >= 11 is 0. The summed E-state index contributed by atoms with van der Waals surface area (Å²) in [6, 6.07) is 39.5. The third kappa shape index (κ3) is 0.812. The van der Waals surface area contributed by atoms with Crippen LogP contribution in [-0.2, 0) is 6.51 Å². The van der Waals surface area contributed by atoms with Gasteiger partial charge in [0.2, 0.25) is 0 Å². The third-order valence-electron chi connectivity index (χ3n) is 21.2. The van der Waals surface area contributed by atoms with Crippen molar-refractivity contribution in [3.8, 4) is 0 Å². The van der Waals surface area contributed by atoms with Gasteiger partial charge in [-0.3, -0.25) is 0 Å². The van der Waals surface area contributed by atoms with Gasteiger partial charge in [0.25, 0.3) is 0 Å². The summed E-state index contributed by atoms with van der Waals surface area (Å²) in [6.45, 7) is 8.36. The maximum atomic E-state index is 2.87. The molecule has 6 atom stereocenters. The van der Waals surface area contributed by atoms with Crippen LogP contribution in [0.4, 0.5) is 0 Å². The van der Waals surface area contributed by atoms with Gasteiger partial charge in [0.15, 0.2) is 0 Å². The van der Waals surface area contributed by atoms with Crippen LogP contribution in [0.5, 0.6) is 0 Å². The van der Waals surface area contributed by atoms with E-state index in [1.807, 2.05) is 14.1 Å². The zero-order chi connectivity index (χ0) is 31.3. The van der Waals surface area contributed by atoms with E-state index in [1.165, 1.54) is 60.8 Å². The summed E-state index contributed by atoms with van der Waals surface area (Å²) in [7, 11) is 2.99. The number of rotatable bonds is 7. The van der Waals surface area contributed by atoms with E-state index in [1.54, 1.807) is 21.2 Å². The Balaban J connectivity index is 0.000000775. The molecule has 10 heterocycles. The average Bonchev–Trinajstić information content (AvgIpc) is 3.97. The molecule has 4 heteroatoms. The average molecular weight is 684 g/mol. The molecule has 1 N–H and O–H groups in total. The minimum atomic E-state index is -3.87. The van der Waals surface area contributed by atoms with Crippen molar-refractivity contribution in [2.24, 2.45) is 0 Å². The van der Waals surface area contributed by atoms with Crippen LogP contribution in [0.3, 0.4) is 0 Å². The molecule has 10 aliphatic heterocycles. The van der Waals surface area contributed by atoms with E-state index >= 15 is 0 Å². The van der Waals surface area contributed by atoms with Crippen LogP contribution >= 0.6 is 15.8 Å². The van der Waals surface area contributed by atoms with Crippen LogP contribution in [0.25, 0.3) is 0 Å². The van der Waals surface area contributed by atoms with E-state index in [-0.39, 0.29) is 7.92 Å². The van der Waals surface area contributed by atoms with E-state index in [2.05, 4.69) is 137 Å². The van der Waals surface area contributed by atoms with Gasteiger partial charge in [0.1, 0.15) is 0 Å². The van der Waals surface area contributed by atoms with Gasteiger partial charge in [-0.05, 0) is 14.1 Å². The van der Waals surface area contributed by atoms with Gasteiger partial charge in [-0.25, -0.2) is 0 Å². The van der Waals surface area contributed by atoms with Crippen molar-refractivity contribution in [3.05, 3.63) is 119 Å². The zero-order valence-corrected chi connectivity index (χ0v) is 31.1. The molecule has 4 aromatic rings. The van der Waals surface area contributed by atoms with Crippen molar-refractivity contribution in [2.45, 2.75) is 87.2 Å². The fourth-order valence-corrected chi connectivity index (χ4v) is 121. The van der Waals surface area contributed by atoms with Crippen molar-refractivity contribution in [1.82, 2.24) is 5.32 Å². The van der Waals surface area contributed by atoms with Crippen molar-refractivity contribution >= 4 is 37.1 Å². The van der Waals surface area contributed by atoms with Crippen LogP contribution in [0.15, 0.2) is 97.1 Å². The van der Waals surface area contributed by atoms with Crippen LogP contribution in [-0.4, -0.2) is 23.8 Å². The SMILES string of the molecule is CNC.Cc1cc(C)cc(P(c2cc(C)cc(C)c2)C(C)[C@]23[CH]4[CH]5[CH]6[C]2(P(c2ccccc2)c2ccccc2)[Fe]56432789[CH]3[CH]2[CH]7[CH]8[CH]39)c1. The molecule has 0 aliphatic carbocycles. The zero-order valence-electron chi connectivity index (χ0n) is 28.2. The fourth-order valence-electron chi connectivity index (χ4n) is 23.1. The van der Waals surface area contributed by atoms with E-state index in [4.69, 9.17) is 0 Å². The number of hydrogen-bond acceptors (Lipinski definition) is 1. The van der Waals surface area contributed by atoms with Crippen molar-refractivity contribution < 1.29 is 6.51 Å². The second-order valence-electron chi connectivity index (χ2n) is 19.0. The molecule has 4 aromatic carbocycles. The second kappa shape index (κ2) is 4.61. The monoisotopic (exact) mass is 683 g/mol. The first-order valence-corrected chi connectivity index (χ1v) is 26.6. The van der Waals surface area contributed by atoms with E-state index in [0.717, 1.165) is 14.0 Å². The van der Waals surface area contributed by atoms with Crippen molar-refractivity contribution in [3.63, 3.8) is 0 Å². The van der Waals surface area contributed by atoms with Crippen molar-refractivity contribution in [2.75, 3.05) is 14.1 Å². The predicted octanol–water partition coefficient (Wildman–Crippen LogP) is 9.38. The Morgan fingerprint density at radius 2 is 0.957 bits per heavy atom. The van der Waals surface area contributed by atoms with Crippen LogP contribution in [0.2, 0.25) is 42.8 Å². The first kappa shape index (κ1) is 26.1. The molecule has 1 spiro atoms. The topological polar surface area (TPSA) is 12.0 Å². The molecule has 0 aromatic heterocycles. The Hall–Kier alpha value is -1.78. The van der Waals surface area contributed by atoms with E-state index < -0.39 is 14.4 Å². The second-order valence-corrected chi connectivity index (χ2v) is 47.6. The normalized spacial score (nSPS) is 53.5. The molecular formula is C42H47FeNP2. The summed E-state index contributed by atoms with van der Waals surface area (Å²) in [6.07, 6.45) is 0. The Morgan fingerprint density at radius 1 is 0.565 bits per heavy atom. The van der Waals surface area contributed by atoms with Gasteiger partial charge in [0.05, 0.1) is 0 Å². The Bertz CT molecular complexity index is 2300. The molecule has 0 saturated carbocycles. The molecule has 10 saturated heterocycles. The number of hydrogen-bond donors (Lipinski definition) is 1. The molecule has 0 bridgehead atoms. The maximum absolute atomic E-state index is 3.87. The third-order valence-corrected chi connectivity index (χ3v) is 74.5. The van der Waals surface area contributed by atoms with Gasteiger partial charge in [0, 0.05) is 0 Å². The van der Waals surface area contributed by atoms with Gasteiger partial charge < -0.3 is 5.32 Å². The summed E-state index contributed by atoms with van der Waals surface area (Å²) in [5.41, 5.74) is 6.63. The summed E-state index contributed by atoms with van der Waals surface area (Å²) in [4.78, 5) is 10.2. The number of benzene rings is 4. The van der Waals surface area contributed by atoms with Crippen LogP contribution in [0.1, 0.15) is 29.2 Å². The summed E-state index contributed by atoms with van der Waals surface area (Å²) < 4.78 is 1.48. The summed E-state index contributed by atoms with van der Waals surface area (Å²) in [5.74, 6) is 0. The molecule has 10 aliphatic rings. The standard InChI is InChI=1S/C35H35P2.C5H5.C2H7N.Fe/c1-25-19-26(2)22-32(21-25)36(33-23-27(3)20-28(4)24-33)29(5)34-17-12-18-35(34)37(30-13-8-6-9-14-30)31-15-10-7-11-16-31;1-2-4-5-3-1;1-3-2;/h6-24,29H,1-5H3;1-5H;3H,1-2H3;. The quantitative estimate of drug-likeness (QED) is 0.151. The number of nitrogens with one attached hydrogen (secondary N) is 1. The Kier molecular flexibility index (Phi) is 2.62. The molecule has 5 unspecified atom stereocenters. The van der Waals surface area contributed by atoms with Gasteiger partial charge in [-0.2, -0.15) is 0 Å². The first-order chi connectivity index (χ1) is 22.0. The molecule has 238 valence electrons. The van der Waals surface area contributed by atoms with Gasteiger partial charge in [-0.15, -0.1) is 0 Å².